The summed E-state index contributed by atoms with van der Waals surface area (Å²) in [5.74, 6) is -0.142. The first kappa shape index (κ1) is 15.0. The van der Waals surface area contributed by atoms with Crippen LogP contribution >= 0.6 is 0 Å². The molecule has 0 saturated heterocycles. The van der Waals surface area contributed by atoms with Gasteiger partial charge in [-0.05, 0) is 24.5 Å². The number of nitrogens with one attached hydrogen (secondary N) is 1. The molecule has 1 aromatic rings. The van der Waals surface area contributed by atoms with Gasteiger partial charge >= 0.3 is 0 Å². The van der Waals surface area contributed by atoms with Gasteiger partial charge in [-0.3, -0.25) is 4.79 Å². The van der Waals surface area contributed by atoms with Crippen LogP contribution in [0.25, 0.3) is 0 Å². The maximum atomic E-state index is 12.2. The van der Waals surface area contributed by atoms with Crippen molar-refractivity contribution in [3.63, 3.8) is 0 Å². The van der Waals surface area contributed by atoms with Crippen molar-refractivity contribution >= 4 is 5.91 Å². The highest BCUT2D eigenvalue weighted by molar-refractivity contribution is 5.95. The predicted molar refractivity (Wildman–Crippen MR) is 77.5 cm³/mol. The summed E-state index contributed by atoms with van der Waals surface area (Å²) in [5, 5.41) is 13.3. The predicted octanol–water partition coefficient (Wildman–Crippen LogP) is 2.26. The highest BCUT2D eigenvalue weighted by Gasteiger charge is 2.29. The number of carbonyl (C=O) groups excluding carboxylic acids is 1. The summed E-state index contributed by atoms with van der Waals surface area (Å²) in [6, 6.07) is 7.39. The summed E-state index contributed by atoms with van der Waals surface area (Å²) in [5.41, 5.74) is 0.751. The van der Waals surface area contributed by atoms with Crippen LogP contribution in [0.15, 0.2) is 24.3 Å². The van der Waals surface area contributed by atoms with Gasteiger partial charge in [0.25, 0.3) is 5.91 Å². The summed E-state index contributed by atoms with van der Waals surface area (Å²) in [7, 11) is 1.61. The van der Waals surface area contributed by atoms with E-state index in [1.54, 1.807) is 13.2 Å². The van der Waals surface area contributed by atoms with Crippen molar-refractivity contribution in [1.82, 2.24) is 5.32 Å². The summed E-state index contributed by atoms with van der Waals surface area (Å²) in [6.45, 7) is 0.737. The SMILES string of the molecule is COCc1ccccc1C(=O)NCC1(O)CCCCC1. The molecule has 1 saturated carbocycles. The van der Waals surface area contributed by atoms with Crippen molar-refractivity contribution < 1.29 is 14.6 Å². The third-order valence-corrected chi connectivity index (χ3v) is 3.92. The largest absolute Gasteiger partial charge is 0.388 e. The molecule has 2 N–H and O–H groups in total. The van der Waals surface area contributed by atoms with Crippen molar-refractivity contribution in [3.05, 3.63) is 35.4 Å². The molecule has 0 spiro atoms. The summed E-state index contributed by atoms with van der Waals surface area (Å²) >= 11 is 0. The molecule has 0 aromatic heterocycles. The molecule has 1 amide bonds. The van der Waals surface area contributed by atoms with Crippen molar-refractivity contribution in [2.75, 3.05) is 13.7 Å². The quantitative estimate of drug-likeness (QED) is 0.868. The second-order valence-corrected chi connectivity index (χ2v) is 5.56. The van der Waals surface area contributed by atoms with Crippen molar-refractivity contribution in [2.45, 2.75) is 44.3 Å². The van der Waals surface area contributed by atoms with Gasteiger partial charge in [0.05, 0.1) is 12.2 Å². The van der Waals surface area contributed by atoms with Gasteiger partial charge in [0.2, 0.25) is 0 Å². The lowest BCUT2D eigenvalue weighted by Crippen LogP contribution is -2.44. The van der Waals surface area contributed by atoms with Gasteiger partial charge in [-0.2, -0.15) is 0 Å². The second kappa shape index (κ2) is 6.86. The van der Waals surface area contributed by atoms with Gasteiger partial charge in [0.1, 0.15) is 0 Å². The molecular formula is C16H23NO3. The monoisotopic (exact) mass is 277 g/mol. The number of carbonyl (C=O) groups is 1. The smallest absolute Gasteiger partial charge is 0.251 e. The van der Waals surface area contributed by atoms with Gasteiger partial charge in [-0.25, -0.2) is 0 Å². The first-order valence-electron chi connectivity index (χ1n) is 7.22. The van der Waals surface area contributed by atoms with Crippen LogP contribution in [-0.4, -0.2) is 30.3 Å². The molecule has 1 fully saturated rings. The Kier molecular flexibility index (Phi) is 5.15. The average molecular weight is 277 g/mol. The van der Waals surface area contributed by atoms with Crippen molar-refractivity contribution in [1.29, 1.82) is 0 Å². The lowest BCUT2D eigenvalue weighted by Gasteiger charge is -2.32. The molecular weight excluding hydrogens is 254 g/mol. The van der Waals surface area contributed by atoms with E-state index in [9.17, 15) is 9.90 Å². The topological polar surface area (TPSA) is 58.6 Å². The van der Waals surface area contributed by atoms with E-state index >= 15 is 0 Å². The Bertz CT molecular complexity index is 453. The number of methoxy groups -OCH3 is 1. The number of benzene rings is 1. The van der Waals surface area contributed by atoms with E-state index in [2.05, 4.69) is 5.32 Å². The number of rotatable bonds is 5. The lowest BCUT2D eigenvalue weighted by atomic mass is 9.85. The van der Waals surface area contributed by atoms with E-state index in [4.69, 9.17) is 4.74 Å². The number of hydrogen-bond donors (Lipinski definition) is 2. The number of aliphatic hydroxyl groups is 1. The number of hydrogen-bond acceptors (Lipinski definition) is 3. The van der Waals surface area contributed by atoms with Crippen LogP contribution in [-0.2, 0) is 11.3 Å². The van der Waals surface area contributed by atoms with Gasteiger partial charge in [0.15, 0.2) is 0 Å². The van der Waals surface area contributed by atoms with Crippen LogP contribution < -0.4 is 5.32 Å². The molecule has 0 bridgehead atoms. The van der Waals surface area contributed by atoms with Crippen LogP contribution in [0.5, 0.6) is 0 Å². The highest BCUT2D eigenvalue weighted by atomic mass is 16.5. The third kappa shape index (κ3) is 3.81. The van der Waals surface area contributed by atoms with E-state index in [0.717, 1.165) is 31.2 Å². The Hall–Kier alpha value is -1.39. The molecule has 0 unspecified atom stereocenters. The van der Waals surface area contributed by atoms with Crippen molar-refractivity contribution in [3.8, 4) is 0 Å². The van der Waals surface area contributed by atoms with Crippen LogP contribution in [0.1, 0.15) is 48.0 Å². The molecule has 0 aliphatic heterocycles. The molecule has 0 atom stereocenters. The number of ether oxygens (including phenoxy) is 1. The van der Waals surface area contributed by atoms with E-state index in [1.807, 2.05) is 18.2 Å². The Morgan fingerprint density at radius 2 is 2.00 bits per heavy atom. The Morgan fingerprint density at radius 3 is 2.70 bits per heavy atom. The Morgan fingerprint density at radius 1 is 1.30 bits per heavy atom. The minimum absolute atomic E-state index is 0.142. The summed E-state index contributed by atoms with van der Waals surface area (Å²) < 4.78 is 5.10. The molecule has 4 nitrogen and oxygen atoms in total. The second-order valence-electron chi connectivity index (χ2n) is 5.56. The fourth-order valence-corrected chi connectivity index (χ4v) is 2.75. The molecule has 1 aliphatic rings. The maximum Gasteiger partial charge on any atom is 0.251 e. The minimum atomic E-state index is -0.732. The summed E-state index contributed by atoms with van der Waals surface area (Å²) in [6.07, 6.45) is 4.78. The summed E-state index contributed by atoms with van der Waals surface area (Å²) in [4.78, 5) is 12.2. The first-order valence-corrected chi connectivity index (χ1v) is 7.22. The van der Waals surface area contributed by atoms with Gasteiger partial charge < -0.3 is 15.2 Å². The van der Waals surface area contributed by atoms with E-state index < -0.39 is 5.60 Å². The first-order chi connectivity index (χ1) is 9.64. The van der Waals surface area contributed by atoms with E-state index in [-0.39, 0.29) is 5.91 Å². The Labute approximate surface area is 120 Å². The fraction of sp³-hybridized carbons (Fsp3) is 0.562. The minimum Gasteiger partial charge on any atom is -0.388 e. The molecule has 0 radical (unpaired) electrons. The molecule has 2 rings (SSSR count). The fourth-order valence-electron chi connectivity index (χ4n) is 2.75. The van der Waals surface area contributed by atoms with Crippen LogP contribution in [0.4, 0.5) is 0 Å². The lowest BCUT2D eigenvalue weighted by molar-refractivity contribution is 0.00523. The van der Waals surface area contributed by atoms with Gasteiger partial charge in [0, 0.05) is 19.2 Å². The normalized spacial score (nSPS) is 17.7. The number of amides is 1. The van der Waals surface area contributed by atoms with Crippen LogP contribution in [0.3, 0.4) is 0 Å². The van der Waals surface area contributed by atoms with Crippen LogP contribution in [0, 0.1) is 0 Å². The highest BCUT2D eigenvalue weighted by Crippen LogP contribution is 2.27. The zero-order chi connectivity index (χ0) is 14.4. The molecule has 1 aromatic carbocycles. The van der Waals surface area contributed by atoms with Gasteiger partial charge in [-0.1, -0.05) is 37.5 Å². The molecule has 4 heteroatoms. The zero-order valence-electron chi connectivity index (χ0n) is 12.0. The standard InChI is InChI=1S/C16H23NO3/c1-20-11-13-7-3-4-8-14(13)15(18)17-12-16(19)9-5-2-6-10-16/h3-4,7-8,19H,2,5-6,9-12H2,1H3,(H,17,18). The van der Waals surface area contributed by atoms with E-state index in [1.165, 1.54) is 6.42 Å². The maximum absolute atomic E-state index is 12.2. The average Bonchev–Trinajstić information content (AvgIpc) is 2.47. The molecule has 0 heterocycles. The van der Waals surface area contributed by atoms with E-state index in [0.29, 0.717) is 18.7 Å². The molecule has 1 aliphatic carbocycles. The van der Waals surface area contributed by atoms with Crippen molar-refractivity contribution in [2.24, 2.45) is 0 Å². The van der Waals surface area contributed by atoms with Crippen LogP contribution in [0.2, 0.25) is 0 Å². The zero-order valence-corrected chi connectivity index (χ0v) is 12.0. The Balaban J connectivity index is 1.98. The van der Waals surface area contributed by atoms with Gasteiger partial charge in [-0.15, -0.1) is 0 Å². The molecule has 110 valence electrons. The molecule has 20 heavy (non-hydrogen) atoms. The third-order valence-electron chi connectivity index (χ3n) is 3.92.